The first-order valence-corrected chi connectivity index (χ1v) is 4.13. The molecule has 0 aromatic rings. The maximum absolute atomic E-state index is 9.40. The van der Waals surface area contributed by atoms with Crippen LogP contribution in [0.2, 0.25) is 0 Å². The molecule has 0 spiro atoms. The Kier molecular flexibility index (Phi) is 3.55. The summed E-state index contributed by atoms with van der Waals surface area (Å²) in [6.45, 7) is 0. The van der Waals surface area contributed by atoms with Gasteiger partial charge in [-0.1, -0.05) is 10.2 Å². The average Bonchev–Trinajstić information content (AvgIpc) is 2.14. The summed E-state index contributed by atoms with van der Waals surface area (Å²) in [5.41, 5.74) is 16.4. The molecule has 0 amide bonds. The van der Waals surface area contributed by atoms with Gasteiger partial charge in [0, 0.05) is 15.9 Å². The first kappa shape index (κ1) is 10.6. The van der Waals surface area contributed by atoms with E-state index in [1.807, 2.05) is 0 Å². The van der Waals surface area contributed by atoms with Gasteiger partial charge in [-0.15, -0.1) is 0 Å². The summed E-state index contributed by atoms with van der Waals surface area (Å²) in [5.74, 6) is 0. The van der Waals surface area contributed by atoms with Gasteiger partial charge in [0.15, 0.2) is 0 Å². The van der Waals surface area contributed by atoms with E-state index in [0.29, 0.717) is 0 Å². The highest BCUT2D eigenvalue weighted by Gasteiger charge is 2.34. The third kappa shape index (κ3) is 2.27. The third-order valence-electron chi connectivity index (χ3n) is 2.23. The molecule has 0 radical (unpaired) electrons. The molecular weight excluding hydrogens is 188 g/mol. The second-order valence-electron chi connectivity index (χ2n) is 3.16. The van der Waals surface area contributed by atoms with E-state index in [9.17, 15) is 10.2 Å². The van der Waals surface area contributed by atoms with Crippen LogP contribution in [-0.2, 0) is 0 Å². The van der Waals surface area contributed by atoms with Crippen molar-refractivity contribution in [3.05, 3.63) is 20.9 Å². The average molecular weight is 198 g/mol. The maximum atomic E-state index is 9.40. The molecule has 0 bridgehead atoms. The fraction of sp³-hybridized carbons (Fsp3) is 1.00. The van der Waals surface area contributed by atoms with Crippen molar-refractivity contribution in [3.63, 3.8) is 0 Å². The molecule has 1 aliphatic rings. The Morgan fingerprint density at radius 1 is 1.07 bits per heavy atom. The Hall–Kier alpha value is -1.46. The molecule has 1 aliphatic carbocycles. The van der Waals surface area contributed by atoms with Crippen LogP contribution in [0, 0.1) is 0 Å². The Balaban J connectivity index is 2.75. The second kappa shape index (κ2) is 4.69. The highest BCUT2D eigenvalue weighted by Crippen LogP contribution is 2.24. The van der Waals surface area contributed by atoms with Crippen molar-refractivity contribution >= 4 is 0 Å². The van der Waals surface area contributed by atoms with Crippen LogP contribution in [0.15, 0.2) is 10.2 Å². The number of rotatable bonds is 2. The minimum absolute atomic E-state index is 0.197. The zero-order valence-corrected chi connectivity index (χ0v) is 7.30. The lowest BCUT2D eigenvalue weighted by Crippen LogP contribution is -2.44. The Morgan fingerprint density at radius 2 is 1.71 bits per heavy atom. The van der Waals surface area contributed by atoms with Gasteiger partial charge in [-0.25, -0.2) is 0 Å². The topological polar surface area (TPSA) is 138 Å². The summed E-state index contributed by atoms with van der Waals surface area (Å²) < 4.78 is 0. The van der Waals surface area contributed by atoms with Crippen molar-refractivity contribution in [2.24, 2.45) is 10.2 Å². The summed E-state index contributed by atoms with van der Waals surface area (Å²) in [5, 5.41) is 25.5. The summed E-state index contributed by atoms with van der Waals surface area (Å²) in [6, 6.07) is -1.15. The summed E-state index contributed by atoms with van der Waals surface area (Å²) in [4.78, 5) is 5.17. The lowest BCUT2D eigenvalue weighted by Gasteiger charge is -2.32. The van der Waals surface area contributed by atoms with E-state index < -0.39 is 24.3 Å². The maximum Gasteiger partial charge on any atom is 0.0883 e. The van der Waals surface area contributed by atoms with Gasteiger partial charge in [-0.3, -0.25) is 0 Å². The molecule has 0 aliphatic heterocycles. The van der Waals surface area contributed by atoms with Crippen LogP contribution in [0.5, 0.6) is 0 Å². The normalized spacial score (nSPS) is 36.7. The van der Waals surface area contributed by atoms with Crippen LogP contribution in [0.4, 0.5) is 0 Å². The highest BCUT2D eigenvalue weighted by molar-refractivity contribution is 4.93. The number of azide groups is 2. The Bertz CT molecular complexity index is 295. The van der Waals surface area contributed by atoms with Gasteiger partial charge in [0.25, 0.3) is 0 Å². The number of aliphatic hydroxyl groups excluding tert-OH is 2. The summed E-state index contributed by atoms with van der Waals surface area (Å²) in [6.07, 6.45) is -1.61. The van der Waals surface area contributed by atoms with Crippen molar-refractivity contribution in [3.8, 4) is 0 Å². The van der Waals surface area contributed by atoms with Crippen LogP contribution >= 0.6 is 0 Å². The van der Waals surface area contributed by atoms with Crippen LogP contribution < -0.4 is 0 Å². The predicted molar refractivity (Wildman–Crippen MR) is 47.1 cm³/mol. The van der Waals surface area contributed by atoms with Gasteiger partial charge in [0.1, 0.15) is 0 Å². The van der Waals surface area contributed by atoms with E-state index in [2.05, 4.69) is 20.1 Å². The molecule has 4 unspecified atom stereocenters. The fourth-order valence-corrected chi connectivity index (χ4v) is 1.54. The second-order valence-corrected chi connectivity index (χ2v) is 3.16. The van der Waals surface area contributed by atoms with Crippen molar-refractivity contribution in [2.45, 2.75) is 37.1 Å². The Labute approximate surface area is 79.4 Å². The van der Waals surface area contributed by atoms with Crippen LogP contribution in [0.3, 0.4) is 0 Å². The van der Waals surface area contributed by atoms with Gasteiger partial charge >= 0.3 is 0 Å². The lowest BCUT2D eigenvalue weighted by atomic mass is 9.87. The van der Waals surface area contributed by atoms with Crippen molar-refractivity contribution in [1.82, 2.24) is 0 Å². The molecule has 14 heavy (non-hydrogen) atoms. The molecule has 1 rings (SSSR count). The minimum Gasteiger partial charge on any atom is -0.390 e. The zero-order chi connectivity index (χ0) is 10.6. The first-order chi connectivity index (χ1) is 6.69. The zero-order valence-electron chi connectivity index (χ0n) is 7.30. The van der Waals surface area contributed by atoms with E-state index in [1.54, 1.807) is 0 Å². The van der Waals surface area contributed by atoms with Crippen molar-refractivity contribution in [1.29, 1.82) is 0 Å². The SMILES string of the molecule is [N-]=[N+]=NC1CC(O)C(O)C(N=[N+]=[N-])C1. The van der Waals surface area contributed by atoms with E-state index >= 15 is 0 Å². The van der Waals surface area contributed by atoms with Crippen molar-refractivity contribution < 1.29 is 10.2 Å². The number of hydrogen-bond donors (Lipinski definition) is 2. The highest BCUT2D eigenvalue weighted by atomic mass is 16.3. The standard InChI is InChI=1S/C6H10N6O2/c7-11-9-3-1-4(10-12-8)6(14)5(13)2-3/h3-6,13-14H,1-2H2. The van der Waals surface area contributed by atoms with Gasteiger partial charge in [-0.2, -0.15) is 0 Å². The van der Waals surface area contributed by atoms with E-state index in [1.165, 1.54) is 0 Å². The summed E-state index contributed by atoms with van der Waals surface area (Å²) >= 11 is 0. The molecule has 8 nitrogen and oxygen atoms in total. The quantitative estimate of drug-likeness (QED) is 0.386. The number of aliphatic hydroxyl groups is 2. The largest absolute Gasteiger partial charge is 0.390 e. The molecule has 0 aromatic carbocycles. The minimum atomic E-state index is -1.07. The van der Waals surface area contributed by atoms with Crippen LogP contribution in [0.25, 0.3) is 20.9 Å². The molecule has 8 heteroatoms. The molecule has 0 saturated heterocycles. The predicted octanol–water partition coefficient (Wildman–Crippen LogP) is 0.860. The molecule has 76 valence electrons. The van der Waals surface area contributed by atoms with E-state index in [4.69, 9.17) is 11.1 Å². The lowest BCUT2D eigenvalue weighted by molar-refractivity contribution is -0.0257. The van der Waals surface area contributed by atoms with E-state index in [0.717, 1.165) is 0 Å². The fourth-order valence-electron chi connectivity index (χ4n) is 1.54. The van der Waals surface area contributed by atoms with Gasteiger partial charge in [-0.05, 0) is 23.9 Å². The third-order valence-corrected chi connectivity index (χ3v) is 2.23. The Morgan fingerprint density at radius 3 is 2.29 bits per heavy atom. The molecule has 0 aromatic heterocycles. The monoisotopic (exact) mass is 198 g/mol. The molecule has 1 fully saturated rings. The smallest absolute Gasteiger partial charge is 0.0883 e. The van der Waals surface area contributed by atoms with E-state index in [-0.39, 0.29) is 12.8 Å². The molecular formula is C6H10N6O2. The molecule has 2 N–H and O–H groups in total. The first-order valence-electron chi connectivity index (χ1n) is 4.13. The van der Waals surface area contributed by atoms with Gasteiger partial charge < -0.3 is 10.2 Å². The summed E-state index contributed by atoms with van der Waals surface area (Å²) in [7, 11) is 0. The van der Waals surface area contributed by atoms with Gasteiger partial charge in [0.2, 0.25) is 0 Å². The van der Waals surface area contributed by atoms with Gasteiger partial charge in [0.05, 0.1) is 18.2 Å². The van der Waals surface area contributed by atoms with Crippen LogP contribution in [-0.4, -0.2) is 34.5 Å². The van der Waals surface area contributed by atoms with Crippen molar-refractivity contribution in [2.75, 3.05) is 0 Å². The molecule has 1 saturated carbocycles. The van der Waals surface area contributed by atoms with Crippen LogP contribution in [0.1, 0.15) is 12.8 Å². The molecule has 0 heterocycles. The number of nitrogens with zero attached hydrogens (tertiary/aromatic N) is 6. The molecule has 4 atom stereocenters. The number of hydrogen-bond acceptors (Lipinski definition) is 4.